The van der Waals surface area contributed by atoms with E-state index in [4.69, 9.17) is 18.9 Å². The van der Waals surface area contributed by atoms with Crippen LogP contribution in [0.15, 0.2) is 35.3 Å². The van der Waals surface area contributed by atoms with Crippen LogP contribution in [0.3, 0.4) is 0 Å². The molecule has 7 rings (SSSR count). The van der Waals surface area contributed by atoms with Gasteiger partial charge in [0.15, 0.2) is 29.8 Å². The van der Waals surface area contributed by atoms with E-state index in [1.165, 1.54) is 30.0 Å². The zero-order valence-corrected chi connectivity index (χ0v) is 31.3. The molecule has 1 saturated carbocycles. The van der Waals surface area contributed by atoms with Crippen molar-refractivity contribution in [2.24, 2.45) is 0 Å². The van der Waals surface area contributed by atoms with Crippen molar-refractivity contribution in [2.45, 2.75) is 87.9 Å². The number of carboxylic acids is 1. The molecule has 312 valence electrons. The Hall–Kier alpha value is -5.41. The molecule has 6 N–H and O–H groups in total. The van der Waals surface area contributed by atoms with Crippen LogP contribution < -0.4 is 25.4 Å². The molecule has 0 unspecified atom stereocenters. The van der Waals surface area contributed by atoms with Gasteiger partial charge in [0.1, 0.15) is 42.2 Å². The molecule has 18 nitrogen and oxygen atoms in total. The van der Waals surface area contributed by atoms with Gasteiger partial charge in [0.25, 0.3) is 5.56 Å². The number of carbonyl (C=O) groups is 4. The number of aromatic nitrogens is 1. The maximum Gasteiger partial charge on any atom is 0.414 e. The SMILES string of the molecule is CC(=O)NC[C@H]1CN(c2ccc(OCC3(OC(=O)[C@H]4O[C@@H](O)[C@H](O)[C@@H](O)[C@H]4O)CCN(c4c(F)cn5c(=O)c(C(=O)O)cc(C6CC6)c5c4C)CC3)c(F)c2)C(=O)O1. The molecule has 20 heteroatoms. The average Bonchev–Trinajstić information content (AvgIpc) is 3.96. The summed E-state index contributed by atoms with van der Waals surface area (Å²) in [5.41, 5.74) is -1.36. The van der Waals surface area contributed by atoms with Gasteiger partial charge in [-0.25, -0.2) is 23.2 Å². The van der Waals surface area contributed by atoms with E-state index in [0.717, 1.165) is 29.5 Å². The number of fused-ring (bicyclic) bond motifs is 1. The van der Waals surface area contributed by atoms with Crippen molar-refractivity contribution in [1.29, 1.82) is 0 Å². The maximum atomic E-state index is 16.0. The largest absolute Gasteiger partial charge is 0.486 e. The predicted octanol–water partition coefficient (Wildman–Crippen LogP) is 0.684. The minimum Gasteiger partial charge on any atom is -0.486 e. The molecular formula is C38H42F2N4O14. The Morgan fingerprint density at radius 1 is 1.00 bits per heavy atom. The number of halogens is 2. The number of aliphatic hydroxyl groups excluding tert-OH is 4. The van der Waals surface area contributed by atoms with Crippen molar-refractivity contribution in [3.05, 3.63) is 69.1 Å². The summed E-state index contributed by atoms with van der Waals surface area (Å²) in [5.74, 6) is -5.03. The van der Waals surface area contributed by atoms with E-state index in [0.29, 0.717) is 16.6 Å². The number of pyridine rings is 2. The van der Waals surface area contributed by atoms with Gasteiger partial charge in [-0.2, -0.15) is 0 Å². The quantitative estimate of drug-likeness (QED) is 0.146. The summed E-state index contributed by atoms with van der Waals surface area (Å²) in [4.78, 5) is 65.2. The number of aromatic carboxylic acids is 1. The molecule has 3 aromatic rings. The summed E-state index contributed by atoms with van der Waals surface area (Å²) in [6, 6.07) is 5.01. The number of ether oxygens (including phenoxy) is 4. The van der Waals surface area contributed by atoms with Crippen LogP contribution >= 0.6 is 0 Å². The van der Waals surface area contributed by atoms with Crippen molar-refractivity contribution in [3.63, 3.8) is 0 Å². The second kappa shape index (κ2) is 15.7. The molecule has 0 spiro atoms. The molecule has 1 aromatic carbocycles. The normalized spacial score (nSPS) is 25.7. The molecule has 58 heavy (non-hydrogen) atoms. The van der Waals surface area contributed by atoms with E-state index in [1.807, 2.05) is 0 Å². The molecular weight excluding hydrogens is 774 g/mol. The Morgan fingerprint density at radius 3 is 2.34 bits per heavy atom. The van der Waals surface area contributed by atoms with Gasteiger partial charge in [-0.3, -0.25) is 18.9 Å². The first-order valence-electron chi connectivity index (χ1n) is 18.6. The summed E-state index contributed by atoms with van der Waals surface area (Å²) >= 11 is 0. The Bertz CT molecular complexity index is 2210. The van der Waals surface area contributed by atoms with E-state index in [2.05, 4.69) is 5.32 Å². The smallest absolute Gasteiger partial charge is 0.414 e. The fourth-order valence-corrected chi connectivity index (χ4v) is 7.71. The summed E-state index contributed by atoms with van der Waals surface area (Å²) in [6.45, 7) is 2.52. The molecule has 0 radical (unpaired) electrons. The fraction of sp³-hybridized carbons (Fsp3) is 0.500. The molecule has 1 aliphatic carbocycles. The molecule has 6 atom stereocenters. The second-order valence-corrected chi connectivity index (χ2v) is 15.0. The van der Waals surface area contributed by atoms with Crippen molar-refractivity contribution in [1.82, 2.24) is 9.72 Å². The van der Waals surface area contributed by atoms with Crippen LogP contribution in [0.2, 0.25) is 0 Å². The lowest BCUT2D eigenvalue weighted by Gasteiger charge is -2.44. The third kappa shape index (κ3) is 7.76. The topological polar surface area (TPSA) is 246 Å². The maximum absolute atomic E-state index is 16.0. The Kier molecular flexibility index (Phi) is 11.1. The number of carbonyl (C=O) groups excluding carboxylic acids is 3. The van der Waals surface area contributed by atoms with Gasteiger partial charge in [0.2, 0.25) is 5.91 Å². The van der Waals surface area contributed by atoms with E-state index >= 15 is 8.78 Å². The van der Waals surface area contributed by atoms with Crippen LogP contribution in [0.5, 0.6) is 5.75 Å². The van der Waals surface area contributed by atoms with Gasteiger partial charge in [0.05, 0.1) is 36.2 Å². The summed E-state index contributed by atoms with van der Waals surface area (Å²) in [6.07, 6.45) is -9.05. The third-order valence-electron chi connectivity index (χ3n) is 11.0. The van der Waals surface area contributed by atoms with Crippen LogP contribution in [-0.4, -0.2) is 129 Å². The minimum absolute atomic E-state index is 0.00301. The first-order chi connectivity index (χ1) is 27.5. The number of hydrogen-bond acceptors (Lipinski definition) is 14. The summed E-state index contributed by atoms with van der Waals surface area (Å²) in [5, 5.41) is 53.0. The molecule has 5 heterocycles. The van der Waals surface area contributed by atoms with Gasteiger partial charge in [0, 0.05) is 38.9 Å². The summed E-state index contributed by atoms with van der Waals surface area (Å²) < 4.78 is 54.7. The van der Waals surface area contributed by atoms with Crippen molar-refractivity contribution in [2.75, 3.05) is 42.6 Å². The first kappa shape index (κ1) is 40.8. The second-order valence-electron chi connectivity index (χ2n) is 15.0. The van der Waals surface area contributed by atoms with Gasteiger partial charge in [-0.05, 0) is 55.0 Å². The van der Waals surface area contributed by atoms with Gasteiger partial charge in [-0.15, -0.1) is 0 Å². The van der Waals surface area contributed by atoms with Crippen molar-refractivity contribution >= 4 is 40.8 Å². The lowest BCUT2D eigenvalue weighted by molar-refractivity contribution is -0.284. The van der Waals surface area contributed by atoms with E-state index in [-0.39, 0.29) is 68.0 Å². The van der Waals surface area contributed by atoms with Crippen LogP contribution in [0, 0.1) is 18.6 Å². The number of anilines is 2. The number of piperidine rings is 1. The molecule has 4 aliphatic rings. The standard InChI is InChI=1S/C38H42F2N4O14/c1-17-27-22(19-3-4-19)12-23(34(50)51)33(49)44(27)15-25(40)28(17)42-9-7-38(8-10-42,58-36(53)32-30(47)29(46)31(48)35(52)57-32)16-55-26-6-5-20(11-24(26)39)43-14-21(56-37(43)54)13-41-18(2)45/h5-6,11-12,15,19,21,29-32,35,46-48,52H,3-4,7-10,13-14,16H2,1-2H3,(H,41,45)(H,50,51)/t21-,29-,30+,31+,32-,35+/m0/s1. The molecule has 4 fully saturated rings. The zero-order valence-electron chi connectivity index (χ0n) is 31.3. The fourth-order valence-electron chi connectivity index (χ4n) is 7.71. The summed E-state index contributed by atoms with van der Waals surface area (Å²) in [7, 11) is 0. The van der Waals surface area contributed by atoms with Gasteiger partial charge >= 0.3 is 18.0 Å². The van der Waals surface area contributed by atoms with Crippen LogP contribution in [0.4, 0.5) is 25.0 Å². The van der Waals surface area contributed by atoms with Crippen LogP contribution in [0.1, 0.15) is 60.0 Å². The number of cyclic esters (lactones) is 1. The molecule has 0 bridgehead atoms. The Morgan fingerprint density at radius 2 is 1.71 bits per heavy atom. The number of carboxylic acid groups (broad SMARTS) is 1. The van der Waals surface area contributed by atoms with Gasteiger partial charge < -0.3 is 54.7 Å². The van der Waals surface area contributed by atoms with E-state index < -0.39 is 89.8 Å². The lowest BCUT2D eigenvalue weighted by atomic mass is 9.90. The number of hydrogen-bond donors (Lipinski definition) is 6. The Balaban J connectivity index is 1.14. The first-order valence-corrected chi connectivity index (χ1v) is 18.6. The number of aryl methyl sites for hydroxylation is 1. The van der Waals surface area contributed by atoms with Crippen molar-refractivity contribution in [3.8, 4) is 5.75 Å². The van der Waals surface area contributed by atoms with Crippen LogP contribution in [0.25, 0.3) is 5.52 Å². The number of benzene rings is 1. The van der Waals surface area contributed by atoms with Crippen molar-refractivity contribution < 1.29 is 72.4 Å². The highest BCUT2D eigenvalue weighted by atomic mass is 19.1. The molecule has 3 saturated heterocycles. The lowest BCUT2D eigenvalue weighted by Crippen LogP contribution is -2.61. The van der Waals surface area contributed by atoms with E-state index in [1.54, 1.807) is 11.8 Å². The molecule has 3 aliphatic heterocycles. The van der Waals surface area contributed by atoms with E-state index in [9.17, 15) is 49.5 Å². The molecule has 2 aromatic heterocycles. The zero-order chi connectivity index (χ0) is 41.8. The predicted molar refractivity (Wildman–Crippen MR) is 195 cm³/mol. The highest BCUT2D eigenvalue weighted by Crippen LogP contribution is 2.44. The minimum atomic E-state index is -2.05. The number of nitrogens with one attached hydrogen (secondary N) is 1. The number of aliphatic hydroxyl groups is 4. The van der Waals surface area contributed by atoms with Crippen LogP contribution in [-0.2, 0) is 23.8 Å². The third-order valence-corrected chi connectivity index (χ3v) is 11.0. The number of nitrogens with zero attached hydrogens (tertiary/aromatic N) is 3. The average molecular weight is 817 g/mol. The molecule has 2 amide bonds. The highest BCUT2D eigenvalue weighted by Gasteiger charge is 2.50. The number of rotatable bonds is 11. The Labute approximate surface area is 328 Å². The highest BCUT2D eigenvalue weighted by molar-refractivity contribution is 5.90. The monoisotopic (exact) mass is 816 g/mol. The van der Waals surface area contributed by atoms with Gasteiger partial charge in [-0.1, -0.05) is 0 Å². The number of esters is 1. The number of amides is 2.